The molecule has 0 aromatic rings. The van der Waals surface area contributed by atoms with Crippen LogP contribution in [0.1, 0.15) is 13.8 Å². The molecule has 0 amide bonds. The predicted molar refractivity (Wildman–Crippen MR) is 51.8 cm³/mol. The molecule has 0 aromatic heterocycles. The monoisotopic (exact) mass is 165 g/mol. The number of nitrogens with two attached hydrogens (primary N) is 1. The van der Waals surface area contributed by atoms with E-state index in [2.05, 4.69) is 6.58 Å². The fourth-order valence-corrected chi connectivity index (χ4v) is 0.789. The highest BCUT2D eigenvalue weighted by atomic mass is 16.1. The summed E-state index contributed by atoms with van der Waals surface area (Å²) in [5, 5.41) is 0. The van der Waals surface area contributed by atoms with E-state index in [0.29, 0.717) is 12.1 Å². The van der Waals surface area contributed by atoms with Gasteiger partial charge in [-0.3, -0.25) is 4.79 Å². The molecule has 0 aliphatic rings. The first-order chi connectivity index (χ1) is 5.65. The summed E-state index contributed by atoms with van der Waals surface area (Å²) in [5.41, 5.74) is 6.96. The van der Waals surface area contributed by atoms with Crippen molar-refractivity contribution in [1.29, 1.82) is 0 Å². The number of Topliss-reactive ketones (excluding diaryl/α,β-unsaturated/α-hetero) is 1. The van der Waals surface area contributed by atoms with Crippen LogP contribution in [0, 0.1) is 0 Å². The number of carbonyl (C=O) groups excluding carboxylic acids is 1. The number of hydrogen-bond donors (Lipinski definition) is 1. The molecule has 12 heavy (non-hydrogen) atoms. The van der Waals surface area contributed by atoms with E-state index in [9.17, 15) is 4.79 Å². The molecular formula is C10H15NO. The summed E-state index contributed by atoms with van der Waals surface area (Å²) in [6.07, 6.45) is 5.18. The fourth-order valence-electron chi connectivity index (χ4n) is 0.789. The van der Waals surface area contributed by atoms with Crippen LogP contribution in [0.15, 0.2) is 36.0 Å². The SMILES string of the molecule is C=C/C(=C\C(=C/C)C(C)=O)CN. The summed E-state index contributed by atoms with van der Waals surface area (Å²) < 4.78 is 0. The van der Waals surface area contributed by atoms with Crippen LogP contribution in [0.2, 0.25) is 0 Å². The average molecular weight is 165 g/mol. The van der Waals surface area contributed by atoms with Crippen LogP contribution in [-0.2, 0) is 4.79 Å². The number of rotatable bonds is 4. The zero-order valence-electron chi connectivity index (χ0n) is 7.63. The van der Waals surface area contributed by atoms with E-state index in [1.54, 1.807) is 18.2 Å². The van der Waals surface area contributed by atoms with Gasteiger partial charge in [-0.2, -0.15) is 0 Å². The van der Waals surface area contributed by atoms with Gasteiger partial charge in [0, 0.05) is 12.1 Å². The highest BCUT2D eigenvalue weighted by Crippen LogP contribution is 2.03. The van der Waals surface area contributed by atoms with Crippen LogP contribution in [0.3, 0.4) is 0 Å². The summed E-state index contributed by atoms with van der Waals surface area (Å²) >= 11 is 0. The Morgan fingerprint density at radius 3 is 2.42 bits per heavy atom. The van der Waals surface area contributed by atoms with E-state index in [0.717, 1.165) is 5.57 Å². The Kier molecular flexibility index (Phi) is 4.97. The summed E-state index contributed by atoms with van der Waals surface area (Å²) in [6.45, 7) is 7.36. The Balaban J connectivity index is 4.68. The van der Waals surface area contributed by atoms with Crippen molar-refractivity contribution in [3.05, 3.63) is 36.0 Å². The van der Waals surface area contributed by atoms with Crippen molar-refractivity contribution in [2.24, 2.45) is 5.73 Å². The Labute approximate surface area is 73.5 Å². The largest absolute Gasteiger partial charge is 0.326 e. The van der Waals surface area contributed by atoms with Crippen molar-refractivity contribution in [1.82, 2.24) is 0 Å². The van der Waals surface area contributed by atoms with Gasteiger partial charge < -0.3 is 5.73 Å². The molecule has 2 nitrogen and oxygen atoms in total. The second kappa shape index (κ2) is 5.49. The lowest BCUT2D eigenvalue weighted by Gasteiger charge is -1.98. The molecule has 2 heteroatoms. The van der Waals surface area contributed by atoms with Crippen molar-refractivity contribution in [2.75, 3.05) is 6.54 Å². The van der Waals surface area contributed by atoms with Gasteiger partial charge in [0.05, 0.1) is 0 Å². The summed E-state index contributed by atoms with van der Waals surface area (Å²) in [6, 6.07) is 0. The van der Waals surface area contributed by atoms with Crippen LogP contribution in [-0.4, -0.2) is 12.3 Å². The molecule has 0 fully saturated rings. The molecule has 0 bridgehead atoms. The lowest BCUT2D eigenvalue weighted by atomic mass is 10.1. The van der Waals surface area contributed by atoms with Gasteiger partial charge >= 0.3 is 0 Å². The normalized spacial score (nSPS) is 12.9. The third kappa shape index (κ3) is 3.30. The van der Waals surface area contributed by atoms with Crippen molar-refractivity contribution in [3.8, 4) is 0 Å². The summed E-state index contributed by atoms with van der Waals surface area (Å²) in [5.74, 6) is 0.0466. The van der Waals surface area contributed by atoms with E-state index < -0.39 is 0 Å². The molecule has 0 atom stereocenters. The van der Waals surface area contributed by atoms with Crippen molar-refractivity contribution in [3.63, 3.8) is 0 Å². The van der Waals surface area contributed by atoms with Gasteiger partial charge in [0.15, 0.2) is 5.78 Å². The molecule has 0 aromatic carbocycles. The maximum atomic E-state index is 11.0. The van der Waals surface area contributed by atoms with Gasteiger partial charge in [0.2, 0.25) is 0 Å². The van der Waals surface area contributed by atoms with Gasteiger partial charge in [-0.05, 0) is 25.5 Å². The first-order valence-corrected chi connectivity index (χ1v) is 3.86. The second-order valence-electron chi connectivity index (χ2n) is 2.43. The molecular weight excluding hydrogens is 150 g/mol. The average Bonchev–Trinajstić information content (AvgIpc) is 2.06. The van der Waals surface area contributed by atoms with Crippen LogP contribution < -0.4 is 5.73 Å². The Morgan fingerprint density at radius 2 is 2.17 bits per heavy atom. The smallest absolute Gasteiger partial charge is 0.159 e. The third-order valence-electron chi connectivity index (χ3n) is 1.56. The fraction of sp³-hybridized carbons (Fsp3) is 0.300. The van der Waals surface area contributed by atoms with E-state index >= 15 is 0 Å². The van der Waals surface area contributed by atoms with Gasteiger partial charge in [-0.25, -0.2) is 0 Å². The van der Waals surface area contributed by atoms with E-state index in [-0.39, 0.29) is 5.78 Å². The predicted octanol–water partition coefficient (Wildman–Crippen LogP) is 1.59. The van der Waals surface area contributed by atoms with Crippen LogP contribution in [0.25, 0.3) is 0 Å². The number of allylic oxidation sites excluding steroid dienone is 3. The number of hydrogen-bond acceptors (Lipinski definition) is 2. The minimum Gasteiger partial charge on any atom is -0.326 e. The zero-order chi connectivity index (χ0) is 9.56. The van der Waals surface area contributed by atoms with Gasteiger partial charge in [0.1, 0.15) is 0 Å². The lowest BCUT2D eigenvalue weighted by molar-refractivity contribution is -0.113. The molecule has 0 spiro atoms. The first-order valence-electron chi connectivity index (χ1n) is 3.86. The Morgan fingerprint density at radius 1 is 1.58 bits per heavy atom. The van der Waals surface area contributed by atoms with Gasteiger partial charge in [-0.15, -0.1) is 0 Å². The number of carbonyl (C=O) groups is 1. The van der Waals surface area contributed by atoms with E-state index in [4.69, 9.17) is 5.73 Å². The molecule has 0 saturated heterocycles. The van der Waals surface area contributed by atoms with Gasteiger partial charge in [-0.1, -0.05) is 18.7 Å². The number of ketones is 1. The second-order valence-corrected chi connectivity index (χ2v) is 2.43. The summed E-state index contributed by atoms with van der Waals surface area (Å²) in [7, 11) is 0. The Bertz CT molecular complexity index is 236. The molecule has 0 heterocycles. The standard InChI is InChI=1S/C10H15NO/c1-4-9(7-11)6-10(5-2)8(3)12/h4-6H,1,7,11H2,2-3H3/b9-6+,10-5+. The molecule has 0 saturated carbocycles. The molecule has 0 aliphatic carbocycles. The topological polar surface area (TPSA) is 43.1 Å². The van der Waals surface area contributed by atoms with Crippen LogP contribution >= 0.6 is 0 Å². The van der Waals surface area contributed by atoms with Crippen molar-refractivity contribution < 1.29 is 4.79 Å². The van der Waals surface area contributed by atoms with Gasteiger partial charge in [0.25, 0.3) is 0 Å². The molecule has 0 radical (unpaired) electrons. The first kappa shape index (κ1) is 10.8. The van der Waals surface area contributed by atoms with Crippen LogP contribution in [0.5, 0.6) is 0 Å². The highest BCUT2D eigenvalue weighted by Gasteiger charge is 1.98. The molecule has 0 unspecified atom stereocenters. The minimum atomic E-state index is 0.0466. The third-order valence-corrected chi connectivity index (χ3v) is 1.56. The van der Waals surface area contributed by atoms with Crippen LogP contribution in [0.4, 0.5) is 0 Å². The summed E-state index contributed by atoms with van der Waals surface area (Å²) in [4.78, 5) is 11.0. The highest BCUT2D eigenvalue weighted by molar-refractivity contribution is 5.96. The lowest BCUT2D eigenvalue weighted by Crippen LogP contribution is -2.02. The Hall–Kier alpha value is -1.15. The zero-order valence-corrected chi connectivity index (χ0v) is 7.63. The maximum Gasteiger partial charge on any atom is 0.159 e. The van der Waals surface area contributed by atoms with E-state index in [1.165, 1.54) is 6.92 Å². The molecule has 0 rings (SSSR count). The maximum absolute atomic E-state index is 11.0. The van der Waals surface area contributed by atoms with Crippen molar-refractivity contribution in [2.45, 2.75) is 13.8 Å². The molecule has 66 valence electrons. The molecule has 2 N–H and O–H groups in total. The van der Waals surface area contributed by atoms with E-state index in [1.807, 2.05) is 6.92 Å². The molecule has 0 aliphatic heterocycles. The quantitative estimate of drug-likeness (QED) is 0.508. The van der Waals surface area contributed by atoms with Crippen molar-refractivity contribution >= 4 is 5.78 Å². The minimum absolute atomic E-state index is 0.0466.